The largest absolute Gasteiger partial charge is 0.344 e. The number of thioether (sulfide) groups is 1. The molecule has 1 aliphatic rings. The zero-order valence-corrected chi connectivity index (χ0v) is 9.20. The Balaban J connectivity index is 2.53. The first-order chi connectivity index (χ1) is 7.13. The molecule has 15 heavy (non-hydrogen) atoms. The average Bonchev–Trinajstić information content (AvgIpc) is 2.21. The molecule has 0 N–H and O–H groups in total. The molecular formula is C11H11F2NS. The van der Waals surface area contributed by atoms with Gasteiger partial charge in [-0.05, 0) is 13.0 Å². The molecule has 1 heterocycles. The van der Waals surface area contributed by atoms with Gasteiger partial charge < -0.3 is 4.90 Å². The van der Waals surface area contributed by atoms with Crippen LogP contribution >= 0.6 is 11.8 Å². The highest BCUT2D eigenvalue weighted by Crippen LogP contribution is 2.39. The summed E-state index contributed by atoms with van der Waals surface area (Å²) in [5.41, 5.74) is 1.65. The Kier molecular flexibility index (Phi) is 2.69. The molecule has 0 saturated heterocycles. The van der Waals surface area contributed by atoms with Gasteiger partial charge in [0, 0.05) is 29.0 Å². The van der Waals surface area contributed by atoms with Crippen LogP contribution in [-0.2, 0) is 0 Å². The molecule has 80 valence electrons. The van der Waals surface area contributed by atoms with Crippen molar-refractivity contribution in [2.24, 2.45) is 0 Å². The second-order valence-electron chi connectivity index (χ2n) is 3.33. The van der Waals surface area contributed by atoms with Crippen LogP contribution in [0.4, 0.5) is 14.5 Å². The van der Waals surface area contributed by atoms with Crippen LogP contribution in [0, 0.1) is 11.6 Å². The first-order valence-corrected chi connectivity index (χ1v) is 5.69. The number of hydrogen-bond acceptors (Lipinski definition) is 2. The van der Waals surface area contributed by atoms with E-state index in [-0.39, 0.29) is 0 Å². The average molecular weight is 227 g/mol. The molecule has 1 aromatic carbocycles. The molecule has 0 saturated carbocycles. The minimum atomic E-state index is -0.803. The molecule has 2 rings (SSSR count). The van der Waals surface area contributed by atoms with Crippen molar-refractivity contribution in [1.82, 2.24) is 0 Å². The quantitative estimate of drug-likeness (QED) is 0.723. The van der Waals surface area contributed by atoms with Crippen molar-refractivity contribution in [3.63, 3.8) is 0 Å². The van der Waals surface area contributed by atoms with Crippen LogP contribution in [0.5, 0.6) is 0 Å². The van der Waals surface area contributed by atoms with Gasteiger partial charge in [-0.2, -0.15) is 0 Å². The number of fused-ring (bicyclic) bond motifs is 1. The van der Waals surface area contributed by atoms with Crippen LogP contribution in [-0.4, -0.2) is 12.3 Å². The lowest BCUT2D eigenvalue weighted by Crippen LogP contribution is -2.26. The van der Waals surface area contributed by atoms with Gasteiger partial charge >= 0.3 is 0 Å². The zero-order valence-electron chi connectivity index (χ0n) is 8.39. The summed E-state index contributed by atoms with van der Waals surface area (Å²) in [5, 5.41) is 0. The smallest absolute Gasteiger partial charge is 0.160 e. The van der Waals surface area contributed by atoms with Gasteiger partial charge in [0.05, 0.1) is 5.69 Å². The van der Waals surface area contributed by atoms with Gasteiger partial charge in [-0.3, -0.25) is 0 Å². The fourth-order valence-corrected chi connectivity index (χ4v) is 2.63. The van der Waals surface area contributed by atoms with Crippen LogP contribution in [0.25, 0.3) is 0 Å². The highest BCUT2D eigenvalue weighted by molar-refractivity contribution is 7.99. The summed E-state index contributed by atoms with van der Waals surface area (Å²) >= 11 is 1.49. The maximum atomic E-state index is 13.1. The fourth-order valence-electron chi connectivity index (χ4n) is 1.65. The molecule has 0 aromatic heterocycles. The van der Waals surface area contributed by atoms with E-state index in [2.05, 4.69) is 6.58 Å². The summed E-state index contributed by atoms with van der Waals surface area (Å²) in [6.07, 6.45) is 0. The van der Waals surface area contributed by atoms with Gasteiger partial charge in [0.1, 0.15) is 0 Å². The van der Waals surface area contributed by atoms with E-state index in [1.807, 2.05) is 11.8 Å². The summed E-state index contributed by atoms with van der Waals surface area (Å²) in [7, 11) is 0. The molecule has 1 aromatic rings. The van der Waals surface area contributed by atoms with Gasteiger partial charge in [-0.25, -0.2) is 8.78 Å². The minimum Gasteiger partial charge on any atom is -0.344 e. The second-order valence-corrected chi connectivity index (χ2v) is 4.35. The Morgan fingerprint density at radius 2 is 2.07 bits per heavy atom. The first-order valence-electron chi connectivity index (χ1n) is 4.70. The van der Waals surface area contributed by atoms with Gasteiger partial charge in [0.2, 0.25) is 0 Å². The van der Waals surface area contributed by atoms with Crippen LogP contribution in [0.1, 0.15) is 6.92 Å². The standard InChI is InChI=1S/C11H11F2NS/c1-3-14-7(2)6-15-11-5-9(13)8(12)4-10(11)14/h4-5H,2-3,6H2,1H3. The van der Waals surface area contributed by atoms with Gasteiger partial charge in [0.15, 0.2) is 11.6 Å². The Hall–Kier alpha value is -1.03. The topological polar surface area (TPSA) is 3.24 Å². The number of halogens is 2. The number of benzene rings is 1. The number of hydrogen-bond donors (Lipinski definition) is 0. The van der Waals surface area contributed by atoms with Gasteiger partial charge in [0.25, 0.3) is 0 Å². The summed E-state index contributed by atoms with van der Waals surface area (Å²) in [5.74, 6) is -0.862. The van der Waals surface area contributed by atoms with Crippen molar-refractivity contribution >= 4 is 17.4 Å². The van der Waals surface area contributed by atoms with E-state index in [9.17, 15) is 8.78 Å². The van der Waals surface area contributed by atoms with Crippen molar-refractivity contribution < 1.29 is 8.78 Å². The van der Waals surface area contributed by atoms with Crippen LogP contribution in [0.15, 0.2) is 29.3 Å². The highest BCUT2D eigenvalue weighted by Gasteiger charge is 2.21. The van der Waals surface area contributed by atoms with Gasteiger partial charge in [-0.15, -0.1) is 11.8 Å². The Bertz CT molecular complexity index is 417. The molecule has 0 atom stereocenters. The molecule has 0 amide bonds. The van der Waals surface area contributed by atoms with Crippen molar-refractivity contribution in [2.75, 3.05) is 17.2 Å². The molecule has 0 bridgehead atoms. The molecule has 0 unspecified atom stereocenters. The lowest BCUT2D eigenvalue weighted by Gasteiger charge is -2.31. The fraction of sp³-hybridized carbons (Fsp3) is 0.273. The monoisotopic (exact) mass is 227 g/mol. The Labute approximate surface area is 91.8 Å². The zero-order chi connectivity index (χ0) is 11.0. The number of anilines is 1. The van der Waals surface area contributed by atoms with Crippen LogP contribution < -0.4 is 4.90 Å². The maximum absolute atomic E-state index is 13.1. The van der Waals surface area contributed by atoms with Gasteiger partial charge in [-0.1, -0.05) is 6.58 Å². The summed E-state index contributed by atoms with van der Waals surface area (Å²) in [6, 6.07) is 2.50. The Morgan fingerprint density at radius 3 is 2.73 bits per heavy atom. The SMILES string of the molecule is C=C1CSc2cc(F)c(F)cc2N1CC. The third-order valence-corrected chi connectivity index (χ3v) is 3.50. The molecule has 0 radical (unpaired) electrons. The minimum absolute atomic E-state index is 0.720. The second kappa shape index (κ2) is 3.85. The summed E-state index contributed by atoms with van der Waals surface area (Å²) in [6.45, 7) is 6.59. The van der Waals surface area contributed by atoms with Crippen molar-refractivity contribution in [2.45, 2.75) is 11.8 Å². The van der Waals surface area contributed by atoms with Crippen LogP contribution in [0.2, 0.25) is 0 Å². The predicted molar refractivity (Wildman–Crippen MR) is 59.2 cm³/mol. The molecule has 4 heteroatoms. The van der Waals surface area contributed by atoms with E-state index in [1.165, 1.54) is 23.9 Å². The number of nitrogens with zero attached hydrogens (tertiary/aromatic N) is 1. The molecule has 0 aliphatic carbocycles. The van der Waals surface area contributed by atoms with Crippen LogP contribution in [0.3, 0.4) is 0 Å². The maximum Gasteiger partial charge on any atom is 0.160 e. The molecule has 0 spiro atoms. The number of rotatable bonds is 1. The third kappa shape index (κ3) is 1.74. The molecule has 1 nitrogen and oxygen atoms in total. The first kappa shape index (κ1) is 10.5. The van der Waals surface area contributed by atoms with E-state index in [0.29, 0.717) is 0 Å². The summed E-state index contributed by atoms with van der Waals surface area (Å²) in [4.78, 5) is 2.69. The van der Waals surface area contributed by atoms with E-state index < -0.39 is 11.6 Å². The van der Waals surface area contributed by atoms with E-state index in [1.54, 1.807) is 0 Å². The lowest BCUT2D eigenvalue weighted by molar-refractivity contribution is 0.505. The highest BCUT2D eigenvalue weighted by atomic mass is 32.2. The van der Waals surface area contributed by atoms with E-state index >= 15 is 0 Å². The van der Waals surface area contributed by atoms with E-state index in [0.717, 1.165) is 28.6 Å². The Morgan fingerprint density at radius 1 is 1.40 bits per heavy atom. The normalized spacial score (nSPS) is 15.4. The predicted octanol–water partition coefficient (Wildman–Crippen LogP) is 3.41. The van der Waals surface area contributed by atoms with E-state index in [4.69, 9.17) is 0 Å². The van der Waals surface area contributed by atoms with Crippen molar-refractivity contribution in [3.8, 4) is 0 Å². The molecule has 1 aliphatic heterocycles. The summed E-state index contributed by atoms with van der Waals surface area (Å²) < 4.78 is 26.1. The molecule has 0 fully saturated rings. The van der Waals surface area contributed by atoms with Crippen molar-refractivity contribution in [3.05, 3.63) is 36.0 Å². The van der Waals surface area contributed by atoms with Crippen molar-refractivity contribution in [1.29, 1.82) is 0 Å². The molecular weight excluding hydrogens is 216 g/mol. The lowest BCUT2D eigenvalue weighted by atomic mass is 10.2. The third-order valence-electron chi connectivity index (χ3n) is 2.38.